The fraction of sp³-hybridized carbons (Fsp3) is 0.318. The van der Waals surface area contributed by atoms with Crippen molar-refractivity contribution >= 4 is 17.5 Å². The second-order valence-corrected chi connectivity index (χ2v) is 7.87. The molecule has 0 bridgehead atoms. The van der Waals surface area contributed by atoms with E-state index >= 15 is 0 Å². The molecule has 7 nitrogen and oxygen atoms in total. The molecule has 9 heteroatoms. The molecule has 0 aliphatic carbocycles. The van der Waals surface area contributed by atoms with Gasteiger partial charge < -0.3 is 20.3 Å². The number of aliphatic hydroxyl groups excluding tert-OH is 1. The van der Waals surface area contributed by atoms with Gasteiger partial charge in [0.1, 0.15) is 5.82 Å². The van der Waals surface area contributed by atoms with Gasteiger partial charge in [-0.15, -0.1) is 0 Å². The number of halogens is 2. The fourth-order valence-electron chi connectivity index (χ4n) is 3.76. The van der Waals surface area contributed by atoms with E-state index in [1.807, 2.05) is 0 Å². The number of benzene rings is 1. The number of rotatable bonds is 7. The summed E-state index contributed by atoms with van der Waals surface area (Å²) in [6, 6.07) is 9.18. The monoisotopic (exact) mass is 443 g/mol. The Kier molecular flexibility index (Phi) is 6.60. The van der Waals surface area contributed by atoms with E-state index in [1.54, 1.807) is 30.6 Å². The van der Waals surface area contributed by atoms with Crippen molar-refractivity contribution in [3.05, 3.63) is 75.5 Å². The summed E-state index contributed by atoms with van der Waals surface area (Å²) < 4.78 is 15.4. The first-order valence-corrected chi connectivity index (χ1v) is 10.5. The molecule has 0 saturated carbocycles. The minimum atomic E-state index is -0.565. The van der Waals surface area contributed by atoms with Crippen molar-refractivity contribution < 1.29 is 9.50 Å². The van der Waals surface area contributed by atoms with Gasteiger partial charge in [0, 0.05) is 43.2 Å². The van der Waals surface area contributed by atoms with Gasteiger partial charge in [-0.2, -0.15) is 0 Å². The van der Waals surface area contributed by atoms with Crippen LogP contribution in [0.3, 0.4) is 0 Å². The Balaban J connectivity index is 1.62. The topological polar surface area (TPSA) is 92.1 Å². The first-order valence-electron chi connectivity index (χ1n) is 10.1. The predicted molar refractivity (Wildman–Crippen MR) is 118 cm³/mol. The van der Waals surface area contributed by atoms with Gasteiger partial charge in [0.15, 0.2) is 0 Å². The van der Waals surface area contributed by atoms with Crippen LogP contribution < -0.4 is 16.2 Å². The van der Waals surface area contributed by atoms with Crippen LogP contribution in [0.2, 0.25) is 5.02 Å². The first-order chi connectivity index (χ1) is 15.0. The van der Waals surface area contributed by atoms with Gasteiger partial charge in [-0.05, 0) is 49.2 Å². The third-order valence-corrected chi connectivity index (χ3v) is 5.67. The van der Waals surface area contributed by atoms with Gasteiger partial charge in [-0.1, -0.05) is 17.7 Å². The third-order valence-electron chi connectivity index (χ3n) is 5.36. The lowest BCUT2D eigenvalue weighted by atomic mass is 10.0. The van der Waals surface area contributed by atoms with Crippen LogP contribution in [0.25, 0.3) is 11.3 Å². The molecule has 1 saturated heterocycles. The molecule has 0 amide bonds. The third kappa shape index (κ3) is 4.92. The summed E-state index contributed by atoms with van der Waals surface area (Å²) in [5.74, 6) is -0.0459. The number of aliphatic hydroxyl groups is 1. The molecule has 1 fully saturated rings. The van der Waals surface area contributed by atoms with Gasteiger partial charge >= 0.3 is 0 Å². The molecule has 1 aliphatic rings. The van der Waals surface area contributed by atoms with Crippen molar-refractivity contribution in [2.45, 2.75) is 24.9 Å². The number of nitrogens with zero attached hydrogens (tertiary/aromatic N) is 3. The molecule has 2 atom stereocenters. The van der Waals surface area contributed by atoms with Crippen LogP contribution in [0.1, 0.15) is 24.4 Å². The lowest BCUT2D eigenvalue weighted by Gasteiger charge is -2.20. The number of anilines is 1. The largest absolute Gasteiger partial charge is 0.396 e. The van der Waals surface area contributed by atoms with E-state index in [2.05, 4.69) is 20.6 Å². The van der Waals surface area contributed by atoms with Crippen LogP contribution in [0.5, 0.6) is 0 Å². The van der Waals surface area contributed by atoms with Crippen molar-refractivity contribution in [3.8, 4) is 11.3 Å². The Labute approximate surface area is 183 Å². The predicted octanol–water partition coefficient (Wildman–Crippen LogP) is 2.84. The van der Waals surface area contributed by atoms with Crippen LogP contribution in [0.15, 0.2) is 53.6 Å². The molecule has 1 unspecified atom stereocenters. The Hall–Kier alpha value is -2.81. The van der Waals surface area contributed by atoms with E-state index in [0.717, 1.165) is 19.5 Å². The minimum absolute atomic E-state index is 0.00996. The van der Waals surface area contributed by atoms with Crippen LogP contribution in [0.4, 0.5) is 10.3 Å². The highest BCUT2D eigenvalue weighted by molar-refractivity contribution is 6.30. The first kappa shape index (κ1) is 21.4. The molecule has 31 heavy (non-hydrogen) atoms. The molecule has 0 radical (unpaired) electrons. The fourth-order valence-corrected chi connectivity index (χ4v) is 3.88. The average Bonchev–Trinajstić information content (AvgIpc) is 3.27. The van der Waals surface area contributed by atoms with E-state index in [0.29, 0.717) is 22.8 Å². The highest BCUT2D eigenvalue weighted by Gasteiger charge is 2.18. The lowest BCUT2D eigenvalue weighted by molar-refractivity contribution is 0.266. The smallest absolute Gasteiger partial charge is 0.251 e. The van der Waals surface area contributed by atoms with E-state index in [1.165, 1.54) is 22.8 Å². The molecule has 1 aliphatic heterocycles. The summed E-state index contributed by atoms with van der Waals surface area (Å²) in [6.07, 6.45) is 4.56. The van der Waals surface area contributed by atoms with Gasteiger partial charge in [-0.25, -0.2) is 14.4 Å². The quantitative estimate of drug-likeness (QED) is 0.520. The van der Waals surface area contributed by atoms with Gasteiger partial charge in [0.25, 0.3) is 5.56 Å². The van der Waals surface area contributed by atoms with E-state index in [9.17, 15) is 14.3 Å². The summed E-state index contributed by atoms with van der Waals surface area (Å²) in [6.45, 7) is 1.67. The Morgan fingerprint density at radius 2 is 2.19 bits per heavy atom. The molecule has 3 heterocycles. The van der Waals surface area contributed by atoms with Crippen LogP contribution >= 0.6 is 11.6 Å². The summed E-state index contributed by atoms with van der Waals surface area (Å²) in [4.78, 5) is 21.7. The maximum Gasteiger partial charge on any atom is 0.251 e. The van der Waals surface area contributed by atoms with Crippen LogP contribution in [-0.2, 0) is 0 Å². The summed E-state index contributed by atoms with van der Waals surface area (Å²) >= 11 is 5.78. The van der Waals surface area contributed by atoms with Crippen molar-refractivity contribution in [2.24, 2.45) is 0 Å². The molecule has 3 N–H and O–H groups in total. The van der Waals surface area contributed by atoms with Crippen molar-refractivity contribution in [3.63, 3.8) is 0 Å². The molecule has 162 valence electrons. The molecule has 4 rings (SSSR count). The highest BCUT2D eigenvalue weighted by atomic mass is 35.5. The van der Waals surface area contributed by atoms with Crippen molar-refractivity contribution in [1.82, 2.24) is 19.9 Å². The Morgan fingerprint density at radius 1 is 1.32 bits per heavy atom. The zero-order valence-corrected chi connectivity index (χ0v) is 17.5. The van der Waals surface area contributed by atoms with Crippen molar-refractivity contribution in [1.29, 1.82) is 0 Å². The molecule has 0 spiro atoms. The SMILES string of the molecule is O=c1cc(-c2ccnc(NC3CCNC3)n2)ccn1[C@H](CCO)c1ccc(Cl)c(F)c1. The van der Waals surface area contributed by atoms with E-state index < -0.39 is 11.9 Å². The Morgan fingerprint density at radius 3 is 2.90 bits per heavy atom. The summed E-state index contributed by atoms with van der Waals surface area (Å²) in [5.41, 5.74) is 1.56. The summed E-state index contributed by atoms with van der Waals surface area (Å²) in [7, 11) is 0. The van der Waals surface area contributed by atoms with Crippen LogP contribution in [-0.4, -0.2) is 45.4 Å². The van der Waals surface area contributed by atoms with Gasteiger partial charge in [0.05, 0.1) is 16.8 Å². The van der Waals surface area contributed by atoms with Crippen molar-refractivity contribution in [2.75, 3.05) is 25.0 Å². The molecule has 1 aromatic carbocycles. The number of aromatic nitrogens is 3. The summed E-state index contributed by atoms with van der Waals surface area (Å²) in [5, 5.41) is 16.1. The van der Waals surface area contributed by atoms with Gasteiger partial charge in [0.2, 0.25) is 5.95 Å². The standard InChI is InChI=1S/C22H23ClFN5O2/c23-17-2-1-15(11-18(17)24)20(6-10-30)29-9-5-14(12-21(29)31)19-4-8-26-22(28-19)27-16-3-7-25-13-16/h1-2,4-5,8-9,11-12,16,20,25,30H,3,6-7,10,13H2,(H,26,27,28)/t16?,20-/m1/s1. The highest BCUT2D eigenvalue weighted by Crippen LogP contribution is 2.25. The maximum absolute atomic E-state index is 14.0. The zero-order chi connectivity index (χ0) is 21.8. The average molecular weight is 444 g/mol. The number of nitrogens with one attached hydrogen (secondary N) is 2. The molecular weight excluding hydrogens is 421 g/mol. The van der Waals surface area contributed by atoms with Crippen LogP contribution in [0, 0.1) is 5.82 Å². The second-order valence-electron chi connectivity index (χ2n) is 7.46. The Bertz CT molecular complexity index is 1120. The van der Waals surface area contributed by atoms with E-state index in [-0.39, 0.29) is 29.7 Å². The molecule has 2 aromatic heterocycles. The maximum atomic E-state index is 14.0. The number of hydrogen-bond donors (Lipinski definition) is 3. The molecular formula is C22H23ClFN5O2. The normalized spacial score (nSPS) is 16.9. The number of pyridine rings is 1. The number of hydrogen-bond acceptors (Lipinski definition) is 6. The van der Waals surface area contributed by atoms with Gasteiger partial charge in [-0.3, -0.25) is 4.79 Å². The molecule has 3 aromatic rings. The lowest BCUT2D eigenvalue weighted by Crippen LogP contribution is -2.25. The zero-order valence-electron chi connectivity index (χ0n) is 16.8. The minimum Gasteiger partial charge on any atom is -0.396 e. The van der Waals surface area contributed by atoms with E-state index in [4.69, 9.17) is 11.6 Å². The second kappa shape index (κ2) is 9.55.